The van der Waals surface area contributed by atoms with Gasteiger partial charge in [0.05, 0.1) is 18.8 Å². The standard InChI is InChI=1S/C14H18N4O/c1-15-8-12-9-18(17-16-12)10-14-13-5-3-2-4-11(13)6-7-19-14/h2-5,9,14-15H,6-8,10H2,1H3. The van der Waals surface area contributed by atoms with E-state index in [0.29, 0.717) is 6.54 Å². The lowest BCUT2D eigenvalue weighted by Gasteiger charge is -2.25. The zero-order chi connectivity index (χ0) is 13.1. The molecule has 2 aromatic rings. The van der Waals surface area contributed by atoms with Crippen LogP contribution < -0.4 is 5.32 Å². The largest absolute Gasteiger partial charge is 0.371 e. The van der Waals surface area contributed by atoms with Gasteiger partial charge < -0.3 is 10.1 Å². The molecule has 0 amide bonds. The molecule has 0 spiro atoms. The second kappa shape index (κ2) is 5.50. The fourth-order valence-corrected chi connectivity index (χ4v) is 2.49. The fourth-order valence-electron chi connectivity index (χ4n) is 2.49. The second-order valence-electron chi connectivity index (χ2n) is 4.77. The molecule has 0 fully saturated rings. The number of rotatable bonds is 4. The Balaban J connectivity index is 1.76. The van der Waals surface area contributed by atoms with E-state index in [2.05, 4.69) is 39.9 Å². The summed E-state index contributed by atoms with van der Waals surface area (Å²) in [6.07, 6.45) is 3.04. The summed E-state index contributed by atoms with van der Waals surface area (Å²) in [4.78, 5) is 0. The quantitative estimate of drug-likeness (QED) is 0.898. The van der Waals surface area contributed by atoms with E-state index in [0.717, 1.165) is 25.3 Å². The van der Waals surface area contributed by atoms with Crippen molar-refractivity contribution in [3.8, 4) is 0 Å². The van der Waals surface area contributed by atoms with Gasteiger partial charge >= 0.3 is 0 Å². The molecule has 100 valence electrons. The van der Waals surface area contributed by atoms with Gasteiger partial charge in [-0.05, 0) is 24.6 Å². The molecule has 5 nitrogen and oxygen atoms in total. The molecule has 0 saturated heterocycles. The van der Waals surface area contributed by atoms with Crippen molar-refractivity contribution in [3.63, 3.8) is 0 Å². The summed E-state index contributed by atoms with van der Waals surface area (Å²) in [5.74, 6) is 0. The van der Waals surface area contributed by atoms with E-state index in [9.17, 15) is 0 Å². The summed E-state index contributed by atoms with van der Waals surface area (Å²) in [7, 11) is 1.90. The summed E-state index contributed by atoms with van der Waals surface area (Å²) < 4.78 is 7.73. The zero-order valence-corrected chi connectivity index (χ0v) is 11.0. The molecule has 1 aromatic heterocycles. The van der Waals surface area contributed by atoms with Gasteiger partial charge in [0, 0.05) is 12.7 Å². The summed E-state index contributed by atoms with van der Waals surface area (Å²) in [6.45, 7) is 2.23. The summed E-state index contributed by atoms with van der Waals surface area (Å²) >= 11 is 0. The van der Waals surface area contributed by atoms with E-state index < -0.39 is 0 Å². The topological polar surface area (TPSA) is 52.0 Å². The molecule has 0 saturated carbocycles. The zero-order valence-electron chi connectivity index (χ0n) is 11.0. The van der Waals surface area contributed by atoms with Crippen LogP contribution in [0.5, 0.6) is 0 Å². The molecule has 1 aliphatic rings. The Labute approximate surface area is 112 Å². The van der Waals surface area contributed by atoms with Crippen LogP contribution in [-0.2, 0) is 24.2 Å². The van der Waals surface area contributed by atoms with Gasteiger partial charge in [-0.25, -0.2) is 4.68 Å². The van der Waals surface area contributed by atoms with E-state index in [-0.39, 0.29) is 6.10 Å². The van der Waals surface area contributed by atoms with Crippen LogP contribution in [-0.4, -0.2) is 28.6 Å². The second-order valence-corrected chi connectivity index (χ2v) is 4.77. The number of aromatic nitrogens is 3. The minimum Gasteiger partial charge on any atom is -0.371 e. The number of ether oxygens (including phenoxy) is 1. The lowest BCUT2D eigenvalue weighted by atomic mass is 9.98. The number of nitrogens with zero attached hydrogens (tertiary/aromatic N) is 3. The van der Waals surface area contributed by atoms with Crippen LogP contribution in [0.2, 0.25) is 0 Å². The van der Waals surface area contributed by atoms with Crippen LogP contribution in [0.4, 0.5) is 0 Å². The third-order valence-corrected chi connectivity index (χ3v) is 3.39. The number of fused-ring (bicyclic) bond motifs is 1. The lowest BCUT2D eigenvalue weighted by molar-refractivity contribution is 0.0279. The maximum atomic E-state index is 5.87. The molecule has 5 heteroatoms. The molecule has 1 N–H and O–H groups in total. The highest BCUT2D eigenvalue weighted by molar-refractivity contribution is 5.30. The van der Waals surface area contributed by atoms with Gasteiger partial charge in [-0.2, -0.15) is 0 Å². The summed E-state index contributed by atoms with van der Waals surface area (Å²) in [6, 6.07) is 8.47. The van der Waals surface area contributed by atoms with Gasteiger partial charge in [0.25, 0.3) is 0 Å². The van der Waals surface area contributed by atoms with Crippen LogP contribution in [0.3, 0.4) is 0 Å². The van der Waals surface area contributed by atoms with E-state index in [4.69, 9.17) is 4.74 Å². The first-order chi connectivity index (χ1) is 9.36. The van der Waals surface area contributed by atoms with Crippen molar-refractivity contribution in [2.45, 2.75) is 25.6 Å². The summed E-state index contributed by atoms with van der Waals surface area (Å²) in [5, 5.41) is 11.3. The Hall–Kier alpha value is -1.72. The monoisotopic (exact) mass is 258 g/mol. The molecule has 1 aliphatic heterocycles. The maximum absolute atomic E-state index is 5.87. The van der Waals surface area contributed by atoms with Crippen molar-refractivity contribution in [1.29, 1.82) is 0 Å². The smallest absolute Gasteiger partial charge is 0.102 e. The predicted molar refractivity (Wildman–Crippen MR) is 71.6 cm³/mol. The van der Waals surface area contributed by atoms with E-state index >= 15 is 0 Å². The Kier molecular flexibility index (Phi) is 3.57. The van der Waals surface area contributed by atoms with Crippen molar-refractivity contribution in [3.05, 3.63) is 47.3 Å². The Morgan fingerprint density at radius 1 is 1.42 bits per heavy atom. The number of hydrogen-bond acceptors (Lipinski definition) is 4. The normalized spacial score (nSPS) is 18.3. The van der Waals surface area contributed by atoms with Crippen LogP contribution in [0, 0.1) is 0 Å². The van der Waals surface area contributed by atoms with Crippen LogP contribution in [0.25, 0.3) is 0 Å². The van der Waals surface area contributed by atoms with Crippen LogP contribution in [0.15, 0.2) is 30.5 Å². The Morgan fingerprint density at radius 3 is 3.21 bits per heavy atom. The van der Waals surface area contributed by atoms with Gasteiger partial charge in [-0.3, -0.25) is 0 Å². The highest BCUT2D eigenvalue weighted by Gasteiger charge is 2.21. The number of benzene rings is 1. The summed E-state index contributed by atoms with van der Waals surface area (Å²) in [5.41, 5.74) is 3.61. The minimum absolute atomic E-state index is 0.0779. The Bertz CT molecular complexity index is 552. The Morgan fingerprint density at radius 2 is 2.32 bits per heavy atom. The van der Waals surface area contributed by atoms with Crippen LogP contribution >= 0.6 is 0 Å². The number of nitrogens with one attached hydrogen (secondary N) is 1. The van der Waals surface area contributed by atoms with E-state index in [1.807, 2.05) is 17.9 Å². The molecule has 19 heavy (non-hydrogen) atoms. The lowest BCUT2D eigenvalue weighted by Crippen LogP contribution is -2.20. The molecule has 1 aromatic carbocycles. The SMILES string of the molecule is CNCc1cn(CC2OCCc3ccccc32)nn1. The molecular formula is C14H18N4O. The van der Waals surface area contributed by atoms with Gasteiger partial charge in [0.2, 0.25) is 0 Å². The molecule has 0 bridgehead atoms. The van der Waals surface area contributed by atoms with Crippen molar-refractivity contribution in [2.75, 3.05) is 13.7 Å². The predicted octanol–water partition coefficient (Wildman–Crippen LogP) is 1.31. The fraction of sp³-hybridized carbons (Fsp3) is 0.429. The number of hydrogen-bond donors (Lipinski definition) is 1. The van der Waals surface area contributed by atoms with Crippen molar-refractivity contribution in [2.24, 2.45) is 0 Å². The van der Waals surface area contributed by atoms with Gasteiger partial charge in [0.1, 0.15) is 6.10 Å². The third kappa shape index (κ3) is 2.67. The van der Waals surface area contributed by atoms with Crippen molar-refractivity contribution in [1.82, 2.24) is 20.3 Å². The van der Waals surface area contributed by atoms with Crippen molar-refractivity contribution >= 4 is 0 Å². The van der Waals surface area contributed by atoms with Gasteiger partial charge in [-0.15, -0.1) is 5.10 Å². The molecule has 0 aliphatic carbocycles. The molecule has 1 atom stereocenters. The molecule has 3 rings (SSSR count). The minimum atomic E-state index is 0.0779. The highest BCUT2D eigenvalue weighted by Crippen LogP contribution is 2.27. The molecule has 2 heterocycles. The van der Waals surface area contributed by atoms with E-state index in [1.165, 1.54) is 11.1 Å². The maximum Gasteiger partial charge on any atom is 0.102 e. The van der Waals surface area contributed by atoms with Gasteiger partial charge in [-0.1, -0.05) is 29.5 Å². The average molecular weight is 258 g/mol. The molecular weight excluding hydrogens is 240 g/mol. The highest BCUT2D eigenvalue weighted by atomic mass is 16.5. The van der Waals surface area contributed by atoms with Crippen molar-refractivity contribution < 1.29 is 4.74 Å². The molecule has 0 radical (unpaired) electrons. The van der Waals surface area contributed by atoms with Crippen LogP contribution in [0.1, 0.15) is 22.9 Å². The molecule has 1 unspecified atom stereocenters. The third-order valence-electron chi connectivity index (χ3n) is 3.39. The first kappa shape index (κ1) is 12.3. The van der Waals surface area contributed by atoms with Gasteiger partial charge in [0.15, 0.2) is 0 Å². The average Bonchev–Trinajstić information content (AvgIpc) is 2.87. The first-order valence-electron chi connectivity index (χ1n) is 6.60. The first-order valence-corrected chi connectivity index (χ1v) is 6.60. The van der Waals surface area contributed by atoms with E-state index in [1.54, 1.807) is 0 Å².